The van der Waals surface area contributed by atoms with Crippen LogP contribution >= 0.6 is 0 Å². The number of hydrogen-bond donors (Lipinski definition) is 1. The van der Waals surface area contributed by atoms with Crippen molar-refractivity contribution in [1.82, 2.24) is 0 Å². The predicted molar refractivity (Wildman–Crippen MR) is 81.4 cm³/mol. The third-order valence-electron chi connectivity index (χ3n) is 2.89. The van der Waals surface area contributed by atoms with E-state index in [1.54, 1.807) is 0 Å². The van der Waals surface area contributed by atoms with Gasteiger partial charge < -0.3 is 10.1 Å². The number of rotatable bonds is 4. The first-order chi connectivity index (χ1) is 9.56. The van der Waals surface area contributed by atoms with E-state index in [0.717, 1.165) is 17.2 Å². The minimum absolute atomic E-state index is 0.00739. The van der Waals surface area contributed by atoms with E-state index < -0.39 is 0 Å². The molecule has 0 heterocycles. The lowest BCUT2D eigenvalue weighted by Crippen LogP contribution is -2.08. The third-order valence-corrected chi connectivity index (χ3v) is 2.89. The van der Waals surface area contributed by atoms with Gasteiger partial charge in [-0.1, -0.05) is 13.0 Å². The van der Waals surface area contributed by atoms with E-state index in [2.05, 4.69) is 11.4 Å². The van der Waals surface area contributed by atoms with Crippen LogP contribution in [0.1, 0.15) is 24.5 Å². The fourth-order valence-electron chi connectivity index (χ4n) is 1.98. The van der Waals surface area contributed by atoms with Crippen LogP contribution in [0.3, 0.4) is 0 Å². The Morgan fingerprint density at radius 1 is 1.00 bits per heavy atom. The lowest BCUT2D eigenvalue weighted by Gasteiger charge is -2.09. The minimum Gasteiger partial charge on any atom is -0.457 e. The van der Waals surface area contributed by atoms with Crippen LogP contribution < -0.4 is 10.1 Å². The van der Waals surface area contributed by atoms with Gasteiger partial charge in [0.25, 0.3) is 0 Å². The quantitative estimate of drug-likeness (QED) is 0.890. The highest BCUT2D eigenvalue weighted by Crippen LogP contribution is 2.25. The molecule has 0 spiro atoms. The van der Waals surface area contributed by atoms with Gasteiger partial charge in [0, 0.05) is 12.1 Å². The van der Waals surface area contributed by atoms with Crippen LogP contribution in [-0.2, 0) is 4.79 Å². The van der Waals surface area contributed by atoms with Crippen LogP contribution in [0.15, 0.2) is 42.5 Å². The molecule has 0 fully saturated rings. The zero-order valence-electron chi connectivity index (χ0n) is 12.1. The Balaban J connectivity index is 2.08. The Kier molecular flexibility index (Phi) is 4.41. The van der Waals surface area contributed by atoms with Gasteiger partial charge in [-0.05, 0) is 61.4 Å². The molecule has 104 valence electrons. The Morgan fingerprint density at radius 3 is 2.15 bits per heavy atom. The summed E-state index contributed by atoms with van der Waals surface area (Å²) in [4.78, 5) is 11.3. The fourth-order valence-corrected chi connectivity index (χ4v) is 1.98. The maximum Gasteiger partial charge on any atom is 0.224 e. The Morgan fingerprint density at radius 2 is 1.60 bits per heavy atom. The summed E-state index contributed by atoms with van der Waals surface area (Å²) in [5.74, 6) is 1.59. The lowest BCUT2D eigenvalue weighted by atomic mass is 10.1. The van der Waals surface area contributed by atoms with Gasteiger partial charge in [-0.3, -0.25) is 4.79 Å². The van der Waals surface area contributed by atoms with Crippen LogP contribution in [0.25, 0.3) is 0 Å². The van der Waals surface area contributed by atoms with E-state index >= 15 is 0 Å². The highest BCUT2D eigenvalue weighted by Gasteiger charge is 2.02. The molecule has 0 aromatic heterocycles. The highest BCUT2D eigenvalue weighted by atomic mass is 16.5. The SMILES string of the molecule is CCC(=O)Nc1ccc(Oc2cc(C)cc(C)c2)cc1. The van der Waals surface area contributed by atoms with Crippen LogP contribution in [0.5, 0.6) is 11.5 Å². The molecule has 0 aliphatic rings. The molecule has 3 nitrogen and oxygen atoms in total. The molecule has 0 atom stereocenters. The maximum atomic E-state index is 11.3. The second-order valence-electron chi connectivity index (χ2n) is 4.85. The Hall–Kier alpha value is -2.29. The molecule has 0 bridgehead atoms. The molecule has 2 aromatic rings. The summed E-state index contributed by atoms with van der Waals surface area (Å²) < 4.78 is 5.81. The number of nitrogens with one attached hydrogen (secondary N) is 1. The van der Waals surface area contributed by atoms with E-state index in [-0.39, 0.29) is 5.91 Å². The minimum atomic E-state index is 0.00739. The lowest BCUT2D eigenvalue weighted by molar-refractivity contribution is -0.115. The first-order valence-electron chi connectivity index (χ1n) is 6.73. The van der Waals surface area contributed by atoms with Crippen molar-refractivity contribution in [3.05, 3.63) is 53.6 Å². The first-order valence-corrected chi connectivity index (χ1v) is 6.73. The zero-order valence-corrected chi connectivity index (χ0v) is 12.1. The largest absolute Gasteiger partial charge is 0.457 e. The molecular weight excluding hydrogens is 250 g/mol. The standard InChI is InChI=1S/C17H19NO2/c1-4-17(19)18-14-5-7-15(8-6-14)20-16-10-12(2)9-13(3)11-16/h5-11H,4H2,1-3H3,(H,18,19). The number of anilines is 1. The summed E-state index contributed by atoms with van der Waals surface area (Å²) in [6.07, 6.45) is 0.473. The second-order valence-corrected chi connectivity index (χ2v) is 4.85. The topological polar surface area (TPSA) is 38.3 Å². The van der Waals surface area contributed by atoms with Crippen LogP contribution in [0, 0.1) is 13.8 Å². The van der Waals surface area contributed by atoms with Crippen molar-refractivity contribution in [3.63, 3.8) is 0 Å². The molecule has 0 aliphatic heterocycles. The monoisotopic (exact) mass is 269 g/mol. The summed E-state index contributed by atoms with van der Waals surface area (Å²) in [5, 5.41) is 2.81. The third kappa shape index (κ3) is 3.85. The van der Waals surface area contributed by atoms with E-state index in [4.69, 9.17) is 4.74 Å². The molecule has 0 saturated heterocycles. The van der Waals surface area contributed by atoms with Gasteiger partial charge in [-0.25, -0.2) is 0 Å². The number of amides is 1. The number of carbonyl (C=O) groups is 1. The zero-order chi connectivity index (χ0) is 14.5. The number of benzene rings is 2. The van der Waals surface area contributed by atoms with E-state index in [0.29, 0.717) is 6.42 Å². The Labute approximate surface area is 119 Å². The van der Waals surface area contributed by atoms with Crippen molar-refractivity contribution in [2.45, 2.75) is 27.2 Å². The van der Waals surface area contributed by atoms with Crippen LogP contribution in [-0.4, -0.2) is 5.91 Å². The maximum absolute atomic E-state index is 11.3. The molecule has 0 aliphatic carbocycles. The molecule has 2 aromatic carbocycles. The average Bonchev–Trinajstić information content (AvgIpc) is 2.39. The van der Waals surface area contributed by atoms with Crippen molar-refractivity contribution >= 4 is 11.6 Å². The first kappa shape index (κ1) is 14.1. The van der Waals surface area contributed by atoms with Crippen LogP contribution in [0.4, 0.5) is 5.69 Å². The molecule has 0 unspecified atom stereocenters. The van der Waals surface area contributed by atoms with Gasteiger partial charge in [-0.2, -0.15) is 0 Å². The van der Waals surface area contributed by atoms with Gasteiger partial charge >= 0.3 is 0 Å². The van der Waals surface area contributed by atoms with Crippen molar-refractivity contribution in [1.29, 1.82) is 0 Å². The van der Waals surface area contributed by atoms with E-state index in [9.17, 15) is 4.79 Å². The van der Waals surface area contributed by atoms with Gasteiger partial charge in [0.2, 0.25) is 5.91 Å². The molecule has 20 heavy (non-hydrogen) atoms. The van der Waals surface area contributed by atoms with E-state index in [1.807, 2.05) is 57.2 Å². The van der Waals surface area contributed by atoms with Gasteiger partial charge in [0.1, 0.15) is 11.5 Å². The van der Waals surface area contributed by atoms with Crippen molar-refractivity contribution in [3.8, 4) is 11.5 Å². The van der Waals surface area contributed by atoms with Crippen molar-refractivity contribution in [2.24, 2.45) is 0 Å². The molecule has 2 rings (SSSR count). The summed E-state index contributed by atoms with van der Waals surface area (Å²) in [6.45, 7) is 5.92. The van der Waals surface area contributed by atoms with Crippen molar-refractivity contribution in [2.75, 3.05) is 5.32 Å². The fraction of sp³-hybridized carbons (Fsp3) is 0.235. The van der Waals surface area contributed by atoms with Gasteiger partial charge in [-0.15, -0.1) is 0 Å². The summed E-state index contributed by atoms with van der Waals surface area (Å²) in [5.41, 5.74) is 3.13. The predicted octanol–water partition coefficient (Wildman–Crippen LogP) is 4.44. The number of carbonyl (C=O) groups excluding carboxylic acids is 1. The molecule has 0 radical (unpaired) electrons. The summed E-state index contributed by atoms with van der Waals surface area (Å²) in [7, 11) is 0. The molecule has 1 amide bonds. The number of hydrogen-bond acceptors (Lipinski definition) is 2. The summed E-state index contributed by atoms with van der Waals surface area (Å²) in [6, 6.07) is 13.5. The van der Waals surface area contributed by atoms with Crippen LogP contribution in [0.2, 0.25) is 0 Å². The van der Waals surface area contributed by atoms with E-state index in [1.165, 1.54) is 11.1 Å². The average molecular weight is 269 g/mol. The summed E-state index contributed by atoms with van der Waals surface area (Å²) >= 11 is 0. The second kappa shape index (κ2) is 6.24. The number of ether oxygens (including phenoxy) is 1. The Bertz CT molecular complexity index is 583. The van der Waals surface area contributed by atoms with Crippen molar-refractivity contribution < 1.29 is 9.53 Å². The smallest absolute Gasteiger partial charge is 0.224 e. The van der Waals surface area contributed by atoms with Gasteiger partial charge in [0.15, 0.2) is 0 Å². The molecular formula is C17H19NO2. The number of aryl methyl sites for hydroxylation is 2. The van der Waals surface area contributed by atoms with Gasteiger partial charge in [0.05, 0.1) is 0 Å². The molecule has 0 saturated carbocycles. The highest BCUT2D eigenvalue weighted by molar-refractivity contribution is 5.90. The molecule has 3 heteroatoms. The normalized spacial score (nSPS) is 10.2. The molecule has 1 N–H and O–H groups in total.